The van der Waals surface area contributed by atoms with Crippen LogP contribution in [0.15, 0.2) is 24.3 Å². The van der Waals surface area contributed by atoms with Crippen molar-refractivity contribution in [1.82, 2.24) is 10.2 Å². The maximum Gasteiger partial charge on any atom is 0.319 e. The van der Waals surface area contributed by atoms with Gasteiger partial charge in [0, 0.05) is 29.8 Å². The summed E-state index contributed by atoms with van der Waals surface area (Å²) in [6, 6.07) is 6.82. The number of rotatable bonds is 4. The topological polar surface area (TPSA) is 87.5 Å². The molecule has 0 saturated carbocycles. The van der Waals surface area contributed by atoms with Crippen LogP contribution in [0.3, 0.4) is 0 Å². The van der Waals surface area contributed by atoms with Crippen LogP contribution in [0, 0.1) is 0 Å². The van der Waals surface area contributed by atoms with Crippen LogP contribution in [0.1, 0.15) is 12.8 Å². The van der Waals surface area contributed by atoms with Crippen molar-refractivity contribution in [3.05, 3.63) is 29.3 Å². The third kappa shape index (κ3) is 5.24. The molecule has 0 spiro atoms. The Balaban J connectivity index is 1.74. The highest BCUT2D eigenvalue weighted by Crippen LogP contribution is 2.14. The second kappa shape index (κ2) is 7.28. The van der Waals surface area contributed by atoms with Gasteiger partial charge < -0.3 is 16.4 Å². The molecule has 1 aromatic carbocycles. The number of urea groups is 1. The van der Waals surface area contributed by atoms with Gasteiger partial charge in [-0.05, 0) is 37.1 Å². The summed E-state index contributed by atoms with van der Waals surface area (Å²) in [4.78, 5) is 24.7. The molecule has 2 rings (SSSR count). The zero-order valence-corrected chi connectivity index (χ0v) is 12.4. The van der Waals surface area contributed by atoms with E-state index in [4.69, 9.17) is 17.3 Å². The van der Waals surface area contributed by atoms with Gasteiger partial charge in [-0.15, -0.1) is 0 Å². The predicted octanol–water partition coefficient (Wildman–Crippen LogP) is 1.41. The normalized spacial score (nSPS) is 16.4. The fourth-order valence-electron chi connectivity index (χ4n) is 2.34. The monoisotopic (exact) mass is 310 g/mol. The lowest BCUT2D eigenvalue weighted by Gasteiger charge is -2.31. The summed E-state index contributed by atoms with van der Waals surface area (Å²) in [5, 5.41) is 6.32. The highest BCUT2D eigenvalue weighted by Gasteiger charge is 2.21. The van der Waals surface area contributed by atoms with E-state index in [9.17, 15) is 9.59 Å². The first-order valence-corrected chi connectivity index (χ1v) is 7.24. The molecule has 7 heteroatoms. The van der Waals surface area contributed by atoms with Crippen molar-refractivity contribution >= 4 is 29.2 Å². The third-order valence-corrected chi connectivity index (χ3v) is 3.66. The minimum absolute atomic E-state index is 0.112. The van der Waals surface area contributed by atoms with Crippen molar-refractivity contribution < 1.29 is 9.59 Å². The molecule has 3 amide bonds. The van der Waals surface area contributed by atoms with Crippen LogP contribution in [0.25, 0.3) is 0 Å². The Morgan fingerprint density at radius 1 is 1.24 bits per heavy atom. The van der Waals surface area contributed by atoms with E-state index in [1.54, 1.807) is 24.3 Å². The van der Waals surface area contributed by atoms with Crippen LogP contribution in [-0.4, -0.2) is 42.5 Å². The fourth-order valence-corrected chi connectivity index (χ4v) is 2.47. The number of primary amides is 1. The Morgan fingerprint density at radius 3 is 2.43 bits per heavy atom. The second-order valence-electron chi connectivity index (χ2n) is 5.12. The number of piperidine rings is 1. The molecule has 1 aliphatic rings. The molecule has 0 bridgehead atoms. The van der Waals surface area contributed by atoms with Gasteiger partial charge in [0.05, 0.1) is 6.54 Å². The van der Waals surface area contributed by atoms with E-state index in [0.29, 0.717) is 10.7 Å². The molecule has 1 aliphatic heterocycles. The maximum absolute atomic E-state index is 11.9. The summed E-state index contributed by atoms with van der Waals surface area (Å²) in [6.45, 7) is 1.80. The van der Waals surface area contributed by atoms with Gasteiger partial charge in [0.1, 0.15) is 0 Å². The van der Waals surface area contributed by atoms with Crippen LogP contribution in [-0.2, 0) is 4.79 Å². The van der Waals surface area contributed by atoms with Gasteiger partial charge in [-0.3, -0.25) is 9.69 Å². The van der Waals surface area contributed by atoms with Crippen molar-refractivity contribution in [3.63, 3.8) is 0 Å². The van der Waals surface area contributed by atoms with Gasteiger partial charge >= 0.3 is 6.03 Å². The minimum Gasteiger partial charge on any atom is -0.369 e. The molecule has 1 heterocycles. The molecule has 0 aromatic heterocycles. The van der Waals surface area contributed by atoms with Crippen molar-refractivity contribution in [2.75, 3.05) is 25.0 Å². The lowest BCUT2D eigenvalue weighted by Crippen LogP contribution is -2.47. The van der Waals surface area contributed by atoms with E-state index in [1.807, 2.05) is 4.90 Å². The lowest BCUT2D eigenvalue weighted by molar-refractivity contribution is -0.119. The van der Waals surface area contributed by atoms with Crippen LogP contribution < -0.4 is 16.4 Å². The van der Waals surface area contributed by atoms with Crippen LogP contribution in [0.5, 0.6) is 0 Å². The van der Waals surface area contributed by atoms with E-state index in [0.717, 1.165) is 25.9 Å². The number of nitrogens with zero attached hydrogens (tertiary/aromatic N) is 1. The highest BCUT2D eigenvalue weighted by atomic mass is 35.5. The third-order valence-electron chi connectivity index (χ3n) is 3.40. The molecule has 0 radical (unpaired) electrons. The minimum atomic E-state index is -0.318. The zero-order valence-electron chi connectivity index (χ0n) is 11.6. The Bertz CT molecular complexity index is 498. The number of hydrogen-bond donors (Lipinski definition) is 3. The number of carbonyl (C=O) groups excluding carboxylic acids is 2. The number of likely N-dealkylation sites (tertiary alicyclic amines) is 1. The van der Waals surface area contributed by atoms with Gasteiger partial charge in [0.15, 0.2) is 0 Å². The zero-order chi connectivity index (χ0) is 15.2. The average molecular weight is 311 g/mol. The first-order chi connectivity index (χ1) is 10.0. The van der Waals surface area contributed by atoms with Crippen LogP contribution in [0.2, 0.25) is 5.02 Å². The average Bonchev–Trinajstić information content (AvgIpc) is 2.43. The molecule has 21 heavy (non-hydrogen) atoms. The SMILES string of the molecule is NC(=O)CN1CCC(NC(=O)Nc2ccc(Cl)cc2)CC1. The molecular formula is C14H19ClN4O2. The number of nitrogens with one attached hydrogen (secondary N) is 2. The molecule has 4 N–H and O–H groups in total. The van der Waals surface area contributed by atoms with E-state index < -0.39 is 0 Å². The molecule has 0 atom stereocenters. The van der Waals surface area contributed by atoms with E-state index in [-0.39, 0.29) is 24.5 Å². The molecule has 0 aliphatic carbocycles. The summed E-state index contributed by atoms with van der Waals surface area (Å²) in [7, 11) is 0. The Labute approximate surface area is 128 Å². The number of amides is 3. The van der Waals surface area contributed by atoms with Crippen molar-refractivity contribution in [1.29, 1.82) is 0 Å². The Kier molecular flexibility index (Phi) is 5.41. The molecule has 6 nitrogen and oxygen atoms in total. The summed E-state index contributed by atoms with van der Waals surface area (Å²) in [6.07, 6.45) is 1.61. The predicted molar refractivity (Wildman–Crippen MR) is 82.3 cm³/mol. The van der Waals surface area contributed by atoms with Crippen molar-refractivity contribution in [2.24, 2.45) is 5.73 Å². The summed E-state index contributed by atoms with van der Waals surface area (Å²) in [5.74, 6) is -0.318. The molecule has 1 aromatic rings. The van der Waals surface area contributed by atoms with Gasteiger partial charge in [-0.1, -0.05) is 11.6 Å². The second-order valence-corrected chi connectivity index (χ2v) is 5.56. The van der Waals surface area contributed by atoms with Crippen molar-refractivity contribution in [3.8, 4) is 0 Å². The number of halogens is 1. The van der Waals surface area contributed by atoms with Gasteiger partial charge in [0.25, 0.3) is 0 Å². The molecule has 1 fully saturated rings. The maximum atomic E-state index is 11.9. The summed E-state index contributed by atoms with van der Waals surface area (Å²) in [5.41, 5.74) is 5.86. The van der Waals surface area contributed by atoms with Crippen LogP contribution >= 0.6 is 11.6 Å². The number of benzene rings is 1. The van der Waals surface area contributed by atoms with E-state index in [2.05, 4.69) is 10.6 Å². The first-order valence-electron chi connectivity index (χ1n) is 6.86. The van der Waals surface area contributed by atoms with Crippen molar-refractivity contribution in [2.45, 2.75) is 18.9 Å². The molecule has 114 valence electrons. The Hall–Kier alpha value is -1.79. The Morgan fingerprint density at radius 2 is 1.86 bits per heavy atom. The van der Waals surface area contributed by atoms with Gasteiger partial charge in [-0.2, -0.15) is 0 Å². The lowest BCUT2D eigenvalue weighted by atomic mass is 10.1. The molecule has 1 saturated heterocycles. The van der Waals surface area contributed by atoms with Crippen LogP contribution in [0.4, 0.5) is 10.5 Å². The molecule has 0 unspecified atom stereocenters. The molecular weight excluding hydrogens is 292 g/mol. The summed E-state index contributed by atoms with van der Waals surface area (Å²) < 4.78 is 0. The summed E-state index contributed by atoms with van der Waals surface area (Å²) >= 11 is 5.79. The van der Waals surface area contributed by atoms with E-state index >= 15 is 0 Å². The van der Waals surface area contributed by atoms with E-state index in [1.165, 1.54) is 0 Å². The number of nitrogens with two attached hydrogens (primary N) is 1. The van der Waals surface area contributed by atoms with Gasteiger partial charge in [-0.25, -0.2) is 4.79 Å². The smallest absolute Gasteiger partial charge is 0.319 e. The van der Waals surface area contributed by atoms with Gasteiger partial charge in [0.2, 0.25) is 5.91 Å². The highest BCUT2D eigenvalue weighted by molar-refractivity contribution is 6.30. The standard InChI is InChI=1S/C14H19ClN4O2/c15-10-1-3-11(4-2-10)17-14(21)18-12-5-7-19(8-6-12)9-13(16)20/h1-4,12H,5-9H2,(H2,16,20)(H2,17,18,21). The number of carbonyl (C=O) groups is 2. The number of anilines is 1. The first kappa shape index (κ1) is 15.6. The quantitative estimate of drug-likeness (QED) is 0.786. The number of hydrogen-bond acceptors (Lipinski definition) is 3. The largest absolute Gasteiger partial charge is 0.369 e. The fraction of sp³-hybridized carbons (Fsp3) is 0.429.